The molecule has 0 heterocycles. The lowest BCUT2D eigenvalue weighted by Crippen LogP contribution is -2.47. The van der Waals surface area contributed by atoms with Crippen LogP contribution in [0.4, 0.5) is 4.79 Å². The van der Waals surface area contributed by atoms with E-state index in [1.54, 1.807) is 7.11 Å². The first-order valence-corrected chi connectivity index (χ1v) is 7.41. The van der Waals surface area contributed by atoms with Gasteiger partial charge in [0.2, 0.25) is 0 Å². The number of carboxylic acid groups (broad SMARTS) is 1. The van der Waals surface area contributed by atoms with Gasteiger partial charge in [0.05, 0.1) is 18.1 Å². The highest BCUT2D eigenvalue weighted by Gasteiger charge is 2.33. The predicted molar refractivity (Wildman–Crippen MR) is 73.4 cm³/mol. The van der Waals surface area contributed by atoms with Crippen molar-refractivity contribution in [3.63, 3.8) is 0 Å². The van der Waals surface area contributed by atoms with Gasteiger partial charge >= 0.3 is 12.0 Å². The van der Waals surface area contributed by atoms with Crippen molar-refractivity contribution in [1.29, 1.82) is 0 Å². The molecule has 0 aromatic carbocycles. The first kappa shape index (κ1) is 15.1. The standard InChI is InChI=1S/C14H24N2O4/c1-20-12-7-3-6-11(12)16-14(19)15-8-9-4-2-5-10(9)13(17)18/h9-12H,2-8H2,1H3,(H,17,18)(H2,15,16,19). The van der Waals surface area contributed by atoms with Crippen molar-refractivity contribution in [2.45, 2.75) is 50.7 Å². The van der Waals surface area contributed by atoms with Crippen LogP contribution in [-0.4, -0.2) is 42.9 Å². The Morgan fingerprint density at radius 3 is 2.65 bits per heavy atom. The molecule has 2 aliphatic rings. The molecule has 4 atom stereocenters. The van der Waals surface area contributed by atoms with Crippen LogP contribution in [0.25, 0.3) is 0 Å². The minimum atomic E-state index is -0.745. The highest BCUT2D eigenvalue weighted by Crippen LogP contribution is 2.31. The number of amides is 2. The lowest BCUT2D eigenvalue weighted by atomic mass is 9.96. The maximum atomic E-state index is 11.9. The van der Waals surface area contributed by atoms with Gasteiger partial charge in [0.1, 0.15) is 0 Å². The van der Waals surface area contributed by atoms with E-state index in [0.29, 0.717) is 6.54 Å². The highest BCUT2D eigenvalue weighted by atomic mass is 16.5. The number of rotatable bonds is 5. The van der Waals surface area contributed by atoms with Crippen LogP contribution < -0.4 is 10.6 Å². The van der Waals surface area contributed by atoms with Crippen molar-refractivity contribution >= 4 is 12.0 Å². The molecule has 0 aromatic heterocycles. The summed E-state index contributed by atoms with van der Waals surface area (Å²) in [5.74, 6) is -1.00. The summed E-state index contributed by atoms with van der Waals surface area (Å²) in [4.78, 5) is 22.9. The fourth-order valence-electron chi connectivity index (χ4n) is 3.42. The molecule has 0 bridgehead atoms. The minimum Gasteiger partial charge on any atom is -0.481 e. The van der Waals surface area contributed by atoms with Crippen LogP contribution in [0.1, 0.15) is 38.5 Å². The molecular formula is C14H24N2O4. The molecule has 0 radical (unpaired) electrons. The maximum absolute atomic E-state index is 11.9. The van der Waals surface area contributed by atoms with E-state index < -0.39 is 5.97 Å². The topological polar surface area (TPSA) is 87.7 Å². The van der Waals surface area contributed by atoms with Gasteiger partial charge in [-0.25, -0.2) is 4.79 Å². The largest absolute Gasteiger partial charge is 0.481 e. The van der Waals surface area contributed by atoms with Gasteiger partial charge in [-0.15, -0.1) is 0 Å². The van der Waals surface area contributed by atoms with E-state index in [1.807, 2.05) is 0 Å². The molecule has 0 saturated heterocycles. The van der Waals surface area contributed by atoms with Crippen molar-refractivity contribution < 1.29 is 19.4 Å². The van der Waals surface area contributed by atoms with Gasteiger partial charge < -0.3 is 20.5 Å². The zero-order chi connectivity index (χ0) is 14.5. The summed E-state index contributed by atoms with van der Waals surface area (Å²) in [5, 5.41) is 14.8. The number of carbonyl (C=O) groups is 2. The van der Waals surface area contributed by atoms with Gasteiger partial charge in [0, 0.05) is 13.7 Å². The average Bonchev–Trinajstić information content (AvgIpc) is 3.04. The van der Waals surface area contributed by atoms with E-state index in [2.05, 4.69) is 10.6 Å². The van der Waals surface area contributed by atoms with Gasteiger partial charge in [-0.3, -0.25) is 4.79 Å². The second-order valence-corrected chi connectivity index (χ2v) is 5.80. The Hall–Kier alpha value is -1.30. The SMILES string of the molecule is COC1CCCC1NC(=O)NCC1CCCC1C(=O)O. The Morgan fingerprint density at radius 2 is 1.95 bits per heavy atom. The molecule has 2 rings (SSSR count). The first-order chi connectivity index (χ1) is 9.61. The van der Waals surface area contributed by atoms with Crippen LogP contribution in [0.2, 0.25) is 0 Å². The molecule has 3 N–H and O–H groups in total. The zero-order valence-corrected chi connectivity index (χ0v) is 11.9. The zero-order valence-electron chi connectivity index (χ0n) is 11.9. The van der Waals surface area contributed by atoms with Gasteiger partial charge in [0.15, 0.2) is 0 Å². The molecule has 2 amide bonds. The summed E-state index contributed by atoms with van der Waals surface area (Å²) in [6, 6.07) is -0.145. The number of ether oxygens (including phenoxy) is 1. The van der Waals surface area contributed by atoms with Crippen LogP contribution in [0.5, 0.6) is 0 Å². The smallest absolute Gasteiger partial charge is 0.315 e. The van der Waals surface area contributed by atoms with E-state index in [4.69, 9.17) is 9.84 Å². The third-order valence-electron chi connectivity index (χ3n) is 4.57. The average molecular weight is 284 g/mol. The lowest BCUT2D eigenvalue weighted by Gasteiger charge is -2.21. The molecule has 6 nitrogen and oxygen atoms in total. The number of hydrogen-bond donors (Lipinski definition) is 3. The molecule has 2 aliphatic carbocycles. The second-order valence-electron chi connectivity index (χ2n) is 5.80. The number of aliphatic carboxylic acids is 1. The van der Waals surface area contributed by atoms with Gasteiger partial charge in [-0.1, -0.05) is 6.42 Å². The second kappa shape index (κ2) is 6.92. The number of urea groups is 1. The number of carbonyl (C=O) groups excluding carboxylic acids is 1. The van der Waals surface area contributed by atoms with E-state index in [-0.39, 0.29) is 30.0 Å². The van der Waals surface area contributed by atoms with E-state index in [1.165, 1.54) is 0 Å². The normalized spacial score (nSPS) is 33.0. The Morgan fingerprint density at radius 1 is 1.20 bits per heavy atom. The minimum absolute atomic E-state index is 0.0556. The Balaban J connectivity index is 1.73. The molecule has 2 saturated carbocycles. The van der Waals surface area contributed by atoms with Crippen molar-refractivity contribution in [3.8, 4) is 0 Å². The fraction of sp³-hybridized carbons (Fsp3) is 0.857. The molecule has 6 heteroatoms. The Bertz CT molecular complexity index is 361. The van der Waals surface area contributed by atoms with Crippen molar-refractivity contribution in [1.82, 2.24) is 10.6 Å². The third kappa shape index (κ3) is 3.62. The first-order valence-electron chi connectivity index (χ1n) is 7.41. The number of methoxy groups -OCH3 is 1. The Labute approximate surface area is 119 Å². The maximum Gasteiger partial charge on any atom is 0.315 e. The summed E-state index contributed by atoms with van der Waals surface area (Å²) < 4.78 is 5.33. The van der Waals surface area contributed by atoms with Crippen LogP contribution in [0.3, 0.4) is 0 Å². The van der Waals surface area contributed by atoms with E-state index >= 15 is 0 Å². The lowest BCUT2D eigenvalue weighted by molar-refractivity contribution is -0.142. The van der Waals surface area contributed by atoms with Gasteiger partial charge in [-0.05, 0) is 38.0 Å². The predicted octanol–water partition coefficient (Wildman–Crippen LogP) is 1.35. The van der Waals surface area contributed by atoms with Crippen LogP contribution >= 0.6 is 0 Å². The molecule has 0 aliphatic heterocycles. The Kier molecular flexibility index (Phi) is 5.23. The van der Waals surface area contributed by atoms with Crippen molar-refractivity contribution in [2.75, 3.05) is 13.7 Å². The number of carboxylic acids is 1. The van der Waals surface area contributed by atoms with Crippen LogP contribution in [-0.2, 0) is 9.53 Å². The highest BCUT2D eigenvalue weighted by molar-refractivity contribution is 5.74. The summed E-state index contributed by atoms with van der Waals surface area (Å²) in [7, 11) is 1.67. The summed E-state index contributed by atoms with van der Waals surface area (Å²) in [5.41, 5.74) is 0. The van der Waals surface area contributed by atoms with Crippen LogP contribution in [0, 0.1) is 11.8 Å². The molecule has 4 unspecified atom stereocenters. The summed E-state index contributed by atoms with van der Waals surface area (Å²) >= 11 is 0. The monoisotopic (exact) mass is 284 g/mol. The third-order valence-corrected chi connectivity index (χ3v) is 4.57. The molecular weight excluding hydrogens is 260 g/mol. The van der Waals surface area contributed by atoms with E-state index in [0.717, 1.165) is 38.5 Å². The quantitative estimate of drug-likeness (QED) is 0.711. The molecule has 0 aromatic rings. The summed E-state index contributed by atoms with van der Waals surface area (Å²) in [6.45, 7) is 0.438. The molecule has 2 fully saturated rings. The molecule has 0 spiro atoms. The number of nitrogens with one attached hydrogen (secondary N) is 2. The van der Waals surface area contributed by atoms with Crippen molar-refractivity contribution in [3.05, 3.63) is 0 Å². The van der Waals surface area contributed by atoms with E-state index in [9.17, 15) is 9.59 Å². The van der Waals surface area contributed by atoms with Crippen molar-refractivity contribution in [2.24, 2.45) is 11.8 Å². The molecule has 20 heavy (non-hydrogen) atoms. The van der Waals surface area contributed by atoms with Gasteiger partial charge in [0.25, 0.3) is 0 Å². The summed E-state index contributed by atoms with van der Waals surface area (Å²) in [6.07, 6.45) is 5.60. The van der Waals surface area contributed by atoms with Gasteiger partial charge in [-0.2, -0.15) is 0 Å². The number of hydrogen-bond acceptors (Lipinski definition) is 3. The van der Waals surface area contributed by atoms with Crippen LogP contribution in [0.15, 0.2) is 0 Å². The molecule has 114 valence electrons. The fourth-order valence-corrected chi connectivity index (χ4v) is 3.42.